The lowest BCUT2D eigenvalue weighted by atomic mass is 10.3. The number of hydrogen-bond acceptors (Lipinski definition) is 4. The Bertz CT molecular complexity index is 385. The highest BCUT2D eigenvalue weighted by atomic mass is 79.9. The molecular formula is C11H16BrN3O2. The van der Waals surface area contributed by atoms with Gasteiger partial charge in [0.15, 0.2) is 0 Å². The van der Waals surface area contributed by atoms with Crippen molar-refractivity contribution in [1.29, 1.82) is 0 Å². The topological polar surface area (TPSA) is 63.2 Å². The van der Waals surface area contributed by atoms with Crippen molar-refractivity contribution < 1.29 is 9.53 Å². The number of nitrogens with zero attached hydrogens (tertiary/aromatic N) is 1. The van der Waals surface area contributed by atoms with Crippen LogP contribution in [0.25, 0.3) is 0 Å². The van der Waals surface area contributed by atoms with Gasteiger partial charge in [0.2, 0.25) is 5.91 Å². The molecule has 1 amide bonds. The molecule has 17 heavy (non-hydrogen) atoms. The van der Waals surface area contributed by atoms with Crippen LogP contribution in [0.1, 0.15) is 5.56 Å². The van der Waals surface area contributed by atoms with E-state index in [0.29, 0.717) is 19.0 Å². The molecule has 5 nitrogen and oxygen atoms in total. The fraction of sp³-hybridized carbons (Fsp3) is 0.455. The van der Waals surface area contributed by atoms with Gasteiger partial charge in [0.25, 0.3) is 0 Å². The fourth-order valence-electron chi connectivity index (χ4n) is 1.18. The SMILES string of the molecule is COCCNC(=O)CNc1ncc(C)cc1Br. The van der Waals surface area contributed by atoms with E-state index in [1.807, 2.05) is 13.0 Å². The number of rotatable bonds is 6. The fourth-order valence-corrected chi connectivity index (χ4v) is 1.79. The Kier molecular flexibility index (Phi) is 5.93. The van der Waals surface area contributed by atoms with E-state index in [1.165, 1.54) is 0 Å². The Morgan fingerprint density at radius 2 is 2.35 bits per heavy atom. The molecule has 0 saturated carbocycles. The van der Waals surface area contributed by atoms with Gasteiger partial charge in [0, 0.05) is 19.9 Å². The summed E-state index contributed by atoms with van der Waals surface area (Å²) in [4.78, 5) is 15.6. The zero-order valence-electron chi connectivity index (χ0n) is 9.92. The average Bonchev–Trinajstić information content (AvgIpc) is 2.28. The maximum absolute atomic E-state index is 11.4. The second-order valence-corrected chi connectivity index (χ2v) is 4.39. The largest absolute Gasteiger partial charge is 0.383 e. The number of pyridine rings is 1. The number of carbonyl (C=O) groups is 1. The van der Waals surface area contributed by atoms with Crippen molar-refractivity contribution in [2.75, 3.05) is 32.1 Å². The average molecular weight is 302 g/mol. The number of hydrogen-bond donors (Lipinski definition) is 2. The molecule has 0 atom stereocenters. The number of methoxy groups -OCH3 is 1. The van der Waals surface area contributed by atoms with Crippen LogP contribution in [0.15, 0.2) is 16.7 Å². The maximum Gasteiger partial charge on any atom is 0.239 e. The summed E-state index contributed by atoms with van der Waals surface area (Å²) in [6.45, 7) is 3.18. The van der Waals surface area contributed by atoms with Crippen molar-refractivity contribution >= 4 is 27.7 Å². The molecule has 0 aliphatic rings. The molecular weight excluding hydrogens is 286 g/mol. The van der Waals surface area contributed by atoms with Crippen LogP contribution in [0.5, 0.6) is 0 Å². The molecule has 1 aromatic heterocycles. The molecule has 0 aromatic carbocycles. The van der Waals surface area contributed by atoms with Crippen molar-refractivity contribution in [2.24, 2.45) is 0 Å². The number of ether oxygens (including phenoxy) is 1. The molecule has 0 aliphatic carbocycles. The lowest BCUT2D eigenvalue weighted by Gasteiger charge is -2.08. The number of carbonyl (C=O) groups excluding carboxylic acids is 1. The van der Waals surface area contributed by atoms with E-state index < -0.39 is 0 Å². The zero-order valence-corrected chi connectivity index (χ0v) is 11.5. The lowest BCUT2D eigenvalue weighted by Crippen LogP contribution is -2.32. The Labute approximate surface area is 109 Å². The zero-order chi connectivity index (χ0) is 12.7. The van der Waals surface area contributed by atoms with E-state index >= 15 is 0 Å². The van der Waals surface area contributed by atoms with Crippen LogP contribution in [-0.4, -0.2) is 37.7 Å². The summed E-state index contributed by atoms with van der Waals surface area (Å²) in [6, 6.07) is 1.94. The normalized spacial score (nSPS) is 10.1. The molecule has 0 saturated heterocycles. The molecule has 1 heterocycles. The molecule has 6 heteroatoms. The van der Waals surface area contributed by atoms with Crippen LogP contribution in [-0.2, 0) is 9.53 Å². The van der Waals surface area contributed by atoms with Gasteiger partial charge in [-0.05, 0) is 34.5 Å². The molecule has 0 unspecified atom stereocenters. The van der Waals surface area contributed by atoms with Gasteiger partial charge >= 0.3 is 0 Å². The van der Waals surface area contributed by atoms with Crippen molar-refractivity contribution in [3.05, 3.63) is 22.3 Å². The van der Waals surface area contributed by atoms with Gasteiger partial charge in [-0.15, -0.1) is 0 Å². The van der Waals surface area contributed by atoms with Gasteiger partial charge in [0.1, 0.15) is 5.82 Å². The monoisotopic (exact) mass is 301 g/mol. The third kappa shape index (κ3) is 5.14. The minimum Gasteiger partial charge on any atom is -0.383 e. The first-order chi connectivity index (χ1) is 8.13. The summed E-state index contributed by atoms with van der Waals surface area (Å²) in [5, 5.41) is 5.67. The van der Waals surface area contributed by atoms with Gasteiger partial charge < -0.3 is 15.4 Å². The molecule has 0 bridgehead atoms. The smallest absolute Gasteiger partial charge is 0.239 e. The Hall–Kier alpha value is -1.14. The van der Waals surface area contributed by atoms with Crippen LogP contribution < -0.4 is 10.6 Å². The minimum absolute atomic E-state index is 0.0867. The number of nitrogens with one attached hydrogen (secondary N) is 2. The minimum atomic E-state index is -0.0867. The second kappa shape index (κ2) is 7.24. The maximum atomic E-state index is 11.4. The van der Waals surface area contributed by atoms with E-state index in [1.54, 1.807) is 13.3 Å². The highest BCUT2D eigenvalue weighted by Gasteiger charge is 2.04. The Balaban J connectivity index is 2.37. The van der Waals surface area contributed by atoms with E-state index in [4.69, 9.17) is 4.74 Å². The summed E-state index contributed by atoms with van der Waals surface area (Å²) in [5.74, 6) is 0.578. The third-order valence-corrected chi connectivity index (χ3v) is 2.63. The molecule has 2 N–H and O–H groups in total. The number of amides is 1. The first-order valence-corrected chi connectivity index (χ1v) is 6.04. The third-order valence-electron chi connectivity index (χ3n) is 2.02. The van der Waals surface area contributed by atoms with E-state index in [9.17, 15) is 4.79 Å². The van der Waals surface area contributed by atoms with E-state index in [2.05, 4.69) is 31.5 Å². The predicted octanol–water partition coefficient (Wildman–Crippen LogP) is 1.33. The summed E-state index contributed by atoms with van der Waals surface area (Å²) < 4.78 is 5.68. The van der Waals surface area contributed by atoms with Crippen molar-refractivity contribution in [3.63, 3.8) is 0 Å². The highest BCUT2D eigenvalue weighted by Crippen LogP contribution is 2.19. The van der Waals surface area contributed by atoms with E-state index in [-0.39, 0.29) is 12.5 Å². The van der Waals surface area contributed by atoms with Gasteiger partial charge in [-0.25, -0.2) is 4.98 Å². The molecule has 1 aromatic rings. The molecule has 0 aliphatic heterocycles. The van der Waals surface area contributed by atoms with Crippen LogP contribution >= 0.6 is 15.9 Å². The van der Waals surface area contributed by atoms with Gasteiger partial charge in [-0.2, -0.15) is 0 Å². The lowest BCUT2D eigenvalue weighted by molar-refractivity contribution is -0.119. The molecule has 94 valence electrons. The Morgan fingerprint density at radius 3 is 3.00 bits per heavy atom. The number of aromatic nitrogens is 1. The molecule has 0 fully saturated rings. The van der Waals surface area contributed by atoms with Crippen molar-refractivity contribution in [1.82, 2.24) is 10.3 Å². The standard InChI is InChI=1S/C11H16BrN3O2/c1-8-5-9(12)11(14-6-8)15-7-10(16)13-3-4-17-2/h5-6H,3-4,7H2,1-2H3,(H,13,16)(H,14,15). The van der Waals surface area contributed by atoms with Crippen LogP contribution in [0.3, 0.4) is 0 Å². The number of anilines is 1. The summed E-state index contributed by atoms with van der Waals surface area (Å²) >= 11 is 3.38. The Morgan fingerprint density at radius 1 is 1.59 bits per heavy atom. The molecule has 0 spiro atoms. The highest BCUT2D eigenvalue weighted by molar-refractivity contribution is 9.10. The summed E-state index contributed by atoms with van der Waals surface area (Å²) in [6.07, 6.45) is 1.75. The predicted molar refractivity (Wildman–Crippen MR) is 70.0 cm³/mol. The first-order valence-electron chi connectivity index (χ1n) is 5.25. The van der Waals surface area contributed by atoms with Crippen LogP contribution in [0.4, 0.5) is 5.82 Å². The van der Waals surface area contributed by atoms with Crippen LogP contribution in [0.2, 0.25) is 0 Å². The quantitative estimate of drug-likeness (QED) is 0.778. The number of halogens is 1. The van der Waals surface area contributed by atoms with Gasteiger partial charge in [-0.3, -0.25) is 4.79 Å². The van der Waals surface area contributed by atoms with Gasteiger partial charge in [-0.1, -0.05) is 0 Å². The van der Waals surface area contributed by atoms with Crippen LogP contribution in [0, 0.1) is 6.92 Å². The van der Waals surface area contributed by atoms with Crippen molar-refractivity contribution in [3.8, 4) is 0 Å². The summed E-state index contributed by atoms with van der Waals surface area (Å²) in [7, 11) is 1.59. The first kappa shape index (κ1) is 13.9. The number of aryl methyl sites for hydroxylation is 1. The van der Waals surface area contributed by atoms with E-state index in [0.717, 1.165) is 10.0 Å². The molecule has 1 rings (SSSR count). The second-order valence-electron chi connectivity index (χ2n) is 3.54. The van der Waals surface area contributed by atoms with Crippen molar-refractivity contribution in [2.45, 2.75) is 6.92 Å². The summed E-state index contributed by atoms with van der Waals surface area (Å²) in [5.41, 5.74) is 1.06. The molecule has 0 radical (unpaired) electrons. The van der Waals surface area contributed by atoms with Gasteiger partial charge in [0.05, 0.1) is 17.6 Å².